The number of likely N-dealkylation sites (N-methyl/N-ethyl adjacent to an activating group) is 1. The molecule has 1 N–H and O–H groups in total. The Morgan fingerprint density at radius 2 is 2.27 bits per heavy atom. The molecule has 0 aliphatic rings. The highest BCUT2D eigenvalue weighted by molar-refractivity contribution is 6.30. The standard InChI is InChI=1S/C12H15ClFN/c1-3-15-9(2)4-5-10-6-7-11(13)8-12(10)14/h4-9,15H,3H2,1-2H3/b5-4+. The normalized spacial score (nSPS) is 13.3. The summed E-state index contributed by atoms with van der Waals surface area (Å²) < 4.78 is 13.3. The van der Waals surface area contributed by atoms with Crippen molar-refractivity contribution < 1.29 is 4.39 Å². The van der Waals surface area contributed by atoms with E-state index in [1.165, 1.54) is 6.07 Å². The monoisotopic (exact) mass is 227 g/mol. The molecule has 0 amide bonds. The number of nitrogens with one attached hydrogen (secondary N) is 1. The van der Waals surface area contributed by atoms with E-state index in [1.54, 1.807) is 18.2 Å². The first-order valence-corrected chi connectivity index (χ1v) is 5.38. The van der Waals surface area contributed by atoms with Crippen LogP contribution >= 0.6 is 11.6 Å². The Morgan fingerprint density at radius 3 is 2.87 bits per heavy atom. The second-order valence-corrected chi connectivity index (χ2v) is 3.81. The molecular weight excluding hydrogens is 213 g/mol. The zero-order chi connectivity index (χ0) is 11.3. The van der Waals surface area contributed by atoms with Gasteiger partial charge in [-0.2, -0.15) is 0 Å². The summed E-state index contributed by atoms with van der Waals surface area (Å²) in [5, 5.41) is 3.63. The van der Waals surface area contributed by atoms with Crippen molar-refractivity contribution in [2.75, 3.05) is 6.54 Å². The summed E-state index contributed by atoms with van der Waals surface area (Å²) in [6.45, 7) is 4.95. The van der Waals surface area contributed by atoms with Gasteiger partial charge in [-0.15, -0.1) is 0 Å². The van der Waals surface area contributed by atoms with Crippen molar-refractivity contribution in [1.82, 2.24) is 5.32 Å². The predicted molar refractivity (Wildman–Crippen MR) is 63.6 cm³/mol. The molecule has 82 valence electrons. The highest BCUT2D eigenvalue weighted by atomic mass is 35.5. The first-order valence-electron chi connectivity index (χ1n) is 5.00. The maximum Gasteiger partial charge on any atom is 0.131 e. The first-order chi connectivity index (χ1) is 7.13. The summed E-state index contributed by atoms with van der Waals surface area (Å²) in [6, 6.07) is 4.92. The molecule has 1 nitrogen and oxygen atoms in total. The van der Waals surface area contributed by atoms with Gasteiger partial charge in [-0.05, 0) is 25.6 Å². The molecule has 15 heavy (non-hydrogen) atoms. The lowest BCUT2D eigenvalue weighted by atomic mass is 10.1. The van der Waals surface area contributed by atoms with Crippen molar-refractivity contribution in [3.63, 3.8) is 0 Å². The van der Waals surface area contributed by atoms with E-state index in [0.717, 1.165) is 6.54 Å². The molecule has 1 unspecified atom stereocenters. The van der Waals surface area contributed by atoms with Gasteiger partial charge >= 0.3 is 0 Å². The molecule has 0 fully saturated rings. The van der Waals surface area contributed by atoms with E-state index >= 15 is 0 Å². The molecule has 0 bridgehead atoms. The Morgan fingerprint density at radius 1 is 1.53 bits per heavy atom. The van der Waals surface area contributed by atoms with Gasteiger partial charge in [0, 0.05) is 16.6 Å². The van der Waals surface area contributed by atoms with E-state index in [0.29, 0.717) is 10.6 Å². The third kappa shape index (κ3) is 4.02. The van der Waals surface area contributed by atoms with Crippen LogP contribution in [0, 0.1) is 5.82 Å². The summed E-state index contributed by atoms with van der Waals surface area (Å²) in [6.07, 6.45) is 3.69. The van der Waals surface area contributed by atoms with E-state index in [2.05, 4.69) is 5.32 Å². The highest BCUT2D eigenvalue weighted by Crippen LogP contribution is 2.15. The van der Waals surface area contributed by atoms with Gasteiger partial charge in [0.1, 0.15) is 5.82 Å². The van der Waals surface area contributed by atoms with Crippen LogP contribution in [0.25, 0.3) is 6.08 Å². The molecule has 0 aliphatic heterocycles. The molecule has 1 atom stereocenters. The molecule has 0 saturated heterocycles. The molecule has 3 heteroatoms. The van der Waals surface area contributed by atoms with Crippen molar-refractivity contribution in [2.45, 2.75) is 19.9 Å². The molecule has 0 heterocycles. The SMILES string of the molecule is CCNC(C)/C=C/c1ccc(Cl)cc1F. The zero-order valence-electron chi connectivity index (χ0n) is 8.93. The van der Waals surface area contributed by atoms with Crippen molar-refractivity contribution in [3.05, 3.63) is 40.7 Å². The summed E-state index contributed by atoms with van der Waals surface area (Å²) in [4.78, 5) is 0. The minimum Gasteiger partial charge on any atom is -0.311 e. The van der Waals surface area contributed by atoms with Gasteiger partial charge < -0.3 is 5.32 Å². The lowest BCUT2D eigenvalue weighted by Crippen LogP contribution is -2.22. The van der Waals surface area contributed by atoms with Crippen LogP contribution < -0.4 is 5.32 Å². The molecule has 0 saturated carbocycles. The summed E-state index contributed by atoms with van der Waals surface area (Å²) in [5.41, 5.74) is 0.559. The number of hydrogen-bond donors (Lipinski definition) is 1. The molecule has 0 aliphatic carbocycles. The van der Waals surface area contributed by atoms with Crippen molar-refractivity contribution in [2.24, 2.45) is 0 Å². The van der Waals surface area contributed by atoms with Crippen LogP contribution in [0.15, 0.2) is 24.3 Å². The summed E-state index contributed by atoms with van der Waals surface area (Å²) >= 11 is 5.65. The molecule has 0 spiro atoms. The molecule has 1 rings (SSSR count). The van der Waals surface area contributed by atoms with Crippen molar-refractivity contribution in [1.29, 1.82) is 0 Å². The zero-order valence-corrected chi connectivity index (χ0v) is 9.68. The summed E-state index contributed by atoms with van der Waals surface area (Å²) in [7, 11) is 0. The topological polar surface area (TPSA) is 12.0 Å². The molecule has 1 aromatic rings. The Kier molecular flexibility index (Phi) is 4.79. The second-order valence-electron chi connectivity index (χ2n) is 3.37. The summed E-state index contributed by atoms with van der Waals surface area (Å²) in [5.74, 6) is -0.289. The van der Waals surface area contributed by atoms with Gasteiger partial charge in [-0.25, -0.2) is 4.39 Å². The fourth-order valence-electron chi connectivity index (χ4n) is 1.27. The van der Waals surface area contributed by atoms with E-state index in [1.807, 2.05) is 19.9 Å². The Bertz CT molecular complexity index is 349. The quantitative estimate of drug-likeness (QED) is 0.831. The van der Waals surface area contributed by atoms with E-state index in [9.17, 15) is 4.39 Å². The second kappa shape index (κ2) is 5.89. The van der Waals surface area contributed by atoms with Gasteiger partial charge in [0.2, 0.25) is 0 Å². The van der Waals surface area contributed by atoms with E-state index in [4.69, 9.17) is 11.6 Å². The molecule has 0 radical (unpaired) electrons. The third-order valence-corrected chi connectivity index (χ3v) is 2.29. The smallest absolute Gasteiger partial charge is 0.131 e. The lowest BCUT2D eigenvalue weighted by molar-refractivity contribution is 0.624. The molecule has 1 aromatic carbocycles. The van der Waals surface area contributed by atoms with Crippen molar-refractivity contribution in [3.8, 4) is 0 Å². The maximum absolute atomic E-state index is 13.3. The van der Waals surface area contributed by atoms with Crippen LogP contribution in [0.5, 0.6) is 0 Å². The molecule has 0 aromatic heterocycles. The van der Waals surface area contributed by atoms with E-state index < -0.39 is 0 Å². The highest BCUT2D eigenvalue weighted by Gasteiger charge is 1.99. The minimum atomic E-state index is -0.289. The number of rotatable bonds is 4. The number of halogens is 2. The Labute approximate surface area is 95.0 Å². The average molecular weight is 228 g/mol. The van der Waals surface area contributed by atoms with Crippen LogP contribution in [-0.2, 0) is 0 Å². The van der Waals surface area contributed by atoms with Crippen LogP contribution in [0.2, 0.25) is 5.02 Å². The van der Waals surface area contributed by atoms with Gasteiger partial charge in [-0.3, -0.25) is 0 Å². The first kappa shape index (κ1) is 12.2. The Balaban J connectivity index is 2.72. The van der Waals surface area contributed by atoms with Gasteiger partial charge in [-0.1, -0.05) is 36.7 Å². The lowest BCUT2D eigenvalue weighted by Gasteiger charge is -2.05. The van der Waals surface area contributed by atoms with Crippen LogP contribution in [-0.4, -0.2) is 12.6 Å². The van der Waals surface area contributed by atoms with Crippen LogP contribution in [0.1, 0.15) is 19.4 Å². The third-order valence-electron chi connectivity index (χ3n) is 2.05. The van der Waals surface area contributed by atoms with E-state index in [-0.39, 0.29) is 11.9 Å². The predicted octanol–water partition coefficient (Wildman–Crippen LogP) is 3.49. The van der Waals surface area contributed by atoms with Crippen LogP contribution in [0.4, 0.5) is 4.39 Å². The molecular formula is C12H15ClFN. The number of hydrogen-bond acceptors (Lipinski definition) is 1. The number of benzene rings is 1. The fourth-order valence-corrected chi connectivity index (χ4v) is 1.43. The van der Waals surface area contributed by atoms with Gasteiger partial charge in [0.25, 0.3) is 0 Å². The maximum atomic E-state index is 13.3. The fraction of sp³-hybridized carbons (Fsp3) is 0.333. The van der Waals surface area contributed by atoms with Gasteiger partial charge in [0.15, 0.2) is 0 Å². The van der Waals surface area contributed by atoms with Crippen molar-refractivity contribution >= 4 is 17.7 Å². The minimum absolute atomic E-state index is 0.241. The Hall–Kier alpha value is -0.860. The largest absolute Gasteiger partial charge is 0.311 e. The van der Waals surface area contributed by atoms with Gasteiger partial charge in [0.05, 0.1) is 0 Å². The van der Waals surface area contributed by atoms with Crippen LogP contribution in [0.3, 0.4) is 0 Å². The average Bonchev–Trinajstić information content (AvgIpc) is 2.17.